The number of nitrogens with zero attached hydrogens (tertiary/aromatic N) is 2. The first-order chi connectivity index (χ1) is 8.15. The van der Waals surface area contributed by atoms with Crippen LogP contribution in [0.2, 0.25) is 0 Å². The standard InChI is InChI=1S/C12H7ClN2O2/c1-2-6-15-7-9(11(13)17)10(16)8-4-3-5-14-12(8)15/h1,3-5,7H,6H2. The summed E-state index contributed by atoms with van der Waals surface area (Å²) >= 11 is 5.36. The molecular weight excluding hydrogens is 240 g/mol. The molecule has 0 radical (unpaired) electrons. The third-order valence-electron chi connectivity index (χ3n) is 2.31. The molecule has 2 aromatic heterocycles. The van der Waals surface area contributed by atoms with Crippen LogP contribution < -0.4 is 5.43 Å². The largest absolute Gasteiger partial charge is 0.320 e. The molecule has 2 rings (SSSR count). The molecule has 2 heterocycles. The predicted octanol–water partition coefficient (Wildman–Crippen LogP) is 1.41. The van der Waals surface area contributed by atoms with Crippen molar-refractivity contribution in [2.24, 2.45) is 0 Å². The topological polar surface area (TPSA) is 52.0 Å². The SMILES string of the molecule is C#CCn1cc(C(=O)Cl)c(=O)c2cccnc21. The van der Waals surface area contributed by atoms with E-state index >= 15 is 0 Å². The Balaban J connectivity index is 2.91. The minimum Gasteiger partial charge on any atom is -0.320 e. The zero-order valence-electron chi connectivity index (χ0n) is 8.68. The van der Waals surface area contributed by atoms with Gasteiger partial charge in [0, 0.05) is 12.4 Å². The fraction of sp³-hybridized carbons (Fsp3) is 0.0833. The molecule has 84 valence electrons. The third kappa shape index (κ3) is 1.93. The van der Waals surface area contributed by atoms with E-state index in [0.29, 0.717) is 11.0 Å². The van der Waals surface area contributed by atoms with Gasteiger partial charge in [0.15, 0.2) is 0 Å². The van der Waals surface area contributed by atoms with Gasteiger partial charge in [-0.3, -0.25) is 9.59 Å². The number of aromatic nitrogens is 2. The number of terminal acetylenes is 1. The van der Waals surface area contributed by atoms with Crippen molar-refractivity contribution in [3.05, 3.63) is 40.3 Å². The number of halogens is 1. The normalized spacial score (nSPS) is 10.1. The summed E-state index contributed by atoms with van der Waals surface area (Å²) in [5.74, 6) is 2.43. The summed E-state index contributed by atoms with van der Waals surface area (Å²) in [7, 11) is 0. The summed E-state index contributed by atoms with van der Waals surface area (Å²) < 4.78 is 1.55. The Kier molecular flexibility index (Phi) is 2.94. The van der Waals surface area contributed by atoms with Gasteiger partial charge in [0.2, 0.25) is 5.43 Å². The quantitative estimate of drug-likeness (QED) is 0.595. The van der Waals surface area contributed by atoms with Gasteiger partial charge in [-0.15, -0.1) is 6.42 Å². The smallest absolute Gasteiger partial charge is 0.257 e. The van der Waals surface area contributed by atoms with Crippen molar-refractivity contribution in [1.82, 2.24) is 9.55 Å². The Morgan fingerprint density at radius 1 is 1.59 bits per heavy atom. The number of fused-ring (bicyclic) bond motifs is 1. The molecule has 0 amide bonds. The van der Waals surface area contributed by atoms with Gasteiger partial charge in [0.25, 0.3) is 5.24 Å². The molecule has 0 saturated heterocycles. The molecule has 0 N–H and O–H groups in total. The molecular formula is C12H7ClN2O2. The lowest BCUT2D eigenvalue weighted by atomic mass is 10.2. The van der Waals surface area contributed by atoms with Gasteiger partial charge in [-0.25, -0.2) is 4.98 Å². The Bertz CT molecular complexity index is 698. The summed E-state index contributed by atoms with van der Waals surface area (Å²) in [5.41, 5.74) is -0.0825. The van der Waals surface area contributed by atoms with Crippen LogP contribution in [0, 0.1) is 12.3 Å². The molecule has 2 aromatic rings. The van der Waals surface area contributed by atoms with Crippen molar-refractivity contribution >= 4 is 27.9 Å². The van der Waals surface area contributed by atoms with Gasteiger partial charge in [0.1, 0.15) is 5.65 Å². The lowest BCUT2D eigenvalue weighted by Crippen LogP contribution is -2.17. The molecule has 0 bridgehead atoms. The molecule has 17 heavy (non-hydrogen) atoms. The number of hydrogen-bond acceptors (Lipinski definition) is 3. The van der Waals surface area contributed by atoms with E-state index in [0.717, 1.165) is 0 Å². The molecule has 0 aromatic carbocycles. The van der Waals surface area contributed by atoms with Crippen LogP contribution in [0.3, 0.4) is 0 Å². The van der Waals surface area contributed by atoms with E-state index in [1.807, 2.05) is 0 Å². The predicted molar refractivity (Wildman–Crippen MR) is 65.0 cm³/mol. The maximum atomic E-state index is 11.9. The van der Waals surface area contributed by atoms with Crippen LogP contribution in [0.25, 0.3) is 11.0 Å². The second kappa shape index (κ2) is 4.40. The van der Waals surface area contributed by atoms with Crippen LogP contribution in [0.1, 0.15) is 10.4 Å². The fourth-order valence-corrected chi connectivity index (χ4v) is 1.72. The molecule has 4 nitrogen and oxygen atoms in total. The number of rotatable bonds is 2. The summed E-state index contributed by atoms with van der Waals surface area (Å²) in [6, 6.07) is 3.20. The van der Waals surface area contributed by atoms with Crippen LogP contribution in [0.15, 0.2) is 29.3 Å². The van der Waals surface area contributed by atoms with Crippen LogP contribution in [0.5, 0.6) is 0 Å². The summed E-state index contributed by atoms with van der Waals surface area (Å²) in [4.78, 5) is 27.1. The minimum absolute atomic E-state index is 0.0950. The number of pyridine rings is 2. The first-order valence-corrected chi connectivity index (χ1v) is 5.14. The molecule has 0 aliphatic heterocycles. The Morgan fingerprint density at radius 3 is 3.00 bits per heavy atom. The first-order valence-electron chi connectivity index (χ1n) is 4.76. The van der Waals surface area contributed by atoms with Crippen molar-refractivity contribution < 1.29 is 4.79 Å². The highest BCUT2D eigenvalue weighted by Gasteiger charge is 2.13. The van der Waals surface area contributed by atoms with E-state index in [1.54, 1.807) is 22.9 Å². The summed E-state index contributed by atoms with van der Waals surface area (Å²) in [6.45, 7) is 0.213. The molecule has 0 unspecified atom stereocenters. The summed E-state index contributed by atoms with van der Waals surface area (Å²) in [5, 5.41) is -0.472. The van der Waals surface area contributed by atoms with Gasteiger partial charge >= 0.3 is 0 Å². The van der Waals surface area contributed by atoms with Crippen molar-refractivity contribution in [2.45, 2.75) is 6.54 Å². The average molecular weight is 247 g/mol. The van der Waals surface area contributed by atoms with E-state index in [-0.39, 0.29) is 12.1 Å². The maximum Gasteiger partial charge on any atom is 0.257 e. The van der Waals surface area contributed by atoms with Crippen LogP contribution in [-0.2, 0) is 6.54 Å². The van der Waals surface area contributed by atoms with Gasteiger partial charge in [-0.1, -0.05) is 5.92 Å². The second-order valence-electron chi connectivity index (χ2n) is 3.35. The van der Waals surface area contributed by atoms with Crippen molar-refractivity contribution in [3.63, 3.8) is 0 Å². The number of carbonyl (C=O) groups excluding carboxylic acids is 1. The van der Waals surface area contributed by atoms with Gasteiger partial charge in [-0.05, 0) is 23.7 Å². The molecule has 0 aliphatic rings. The molecule has 0 aliphatic carbocycles. The maximum absolute atomic E-state index is 11.9. The Hall–Kier alpha value is -2.12. The Morgan fingerprint density at radius 2 is 2.35 bits per heavy atom. The lowest BCUT2D eigenvalue weighted by Gasteiger charge is -2.07. The molecule has 0 fully saturated rings. The Labute approximate surface area is 102 Å². The fourth-order valence-electron chi connectivity index (χ4n) is 1.58. The average Bonchev–Trinajstić information content (AvgIpc) is 2.33. The highest BCUT2D eigenvalue weighted by molar-refractivity contribution is 6.67. The van der Waals surface area contributed by atoms with Crippen LogP contribution in [0.4, 0.5) is 0 Å². The monoisotopic (exact) mass is 246 g/mol. The van der Waals surface area contributed by atoms with Crippen LogP contribution >= 0.6 is 11.6 Å². The van der Waals surface area contributed by atoms with Crippen molar-refractivity contribution in [3.8, 4) is 12.3 Å². The first kappa shape index (κ1) is 11.4. The minimum atomic E-state index is -0.800. The van der Waals surface area contributed by atoms with E-state index in [9.17, 15) is 9.59 Å². The molecule has 0 atom stereocenters. The third-order valence-corrected chi connectivity index (χ3v) is 2.51. The lowest BCUT2D eigenvalue weighted by molar-refractivity contribution is 0.108. The van der Waals surface area contributed by atoms with Crippen molar-refractivity contribution in [1.29, 1.82) is 0 Å². The summed E-state index contributed by atoms with van der Waals surface area (Å²) in [6.07, 6.45) is 8.11. The molecule has 0 spiro atoms. The second-order valence-corrected chi connectivity index (χ2v) is 3.70. The van der Waals surface area contributed by atoms with Gasteiger partial charge < -0.3 is 4.57 Å². The zero-order valence-corrected chi connectivity index (χ0v) is 9.44. The van der Waals surface area contributed by atoms with Crippen LogP contribution in [-0.4, -0.2) is 14.8 Å². The zero-order chi connectivity index (χ0) is 12.4. The van der Waals surface area contributed by atoms with Gasteiger partial charge in [-0.2, -0.15) is 0 Å². The van der Waals surface area contributed by atoms with E-state index in [2.05, 4.69) is 10.9 Å². The molecule has 0 saturated carbocycles. The van der Waals surface area contributed by atoms with E-state index in [1.165, 1.54) is 6.20 Å². The van der Waals surface area contributed by atoms with E-state index in [4.69, 9.17) is 18.0 Å². The number of hydrogen-bond donors (Lipinski definition) is 0. The van der Waals surface area contributed by atoms with E-state index < -0.39 is 10.7 Å². The highest BCUT2D eigenvalue weighted by Crippen LogP contribution is 2.10. The highest BCUT2D eigenvalue weighted by atomic mass is 35.5. The van der Waals surface area contributed by atoms with Gasteiger partial charge in [0.05, 0.1) is 17.5 Å². The number of carbonyl (C=O) groups is 1. The van der Waals surface area contributed by atoms with Crippen molar-refractivity contribution in [2.75, 3.05) is 0 Å². The molecule has 5 heteroatoms.